The van der Waals surface area contributed by atoms with E-state index in [2.05, 4.69) is 20.8 Å². The molecule has 0 aromatic heterocycles. The normalized spacial score (nSPS) is 16.7. The van der Waals surface area contributed by atoms with Crippen molar-refractivity contribution in [2.45, 2.75) is 6.92 Å². The van der Waals surface area contributed by atoms with Gasteiger partial charge in [-0.2, -0.15) is 0 Å². The lowest BCUT2D eigenvalue weighted by atomic mass is 10.1. The minimum absolute atomic E-state index is 0.0597. The van der Waals surface area contributed by atoms with Gasteiger partial charge in [-0.25, -0.2) is 4.39 Å². The standard InChI is InChI=1S/C14H18BrFN2O/c1-11-2-3-12(16)10-13(11)14(19)18-8-6-17(5-4-15)7-9-18/h2-3,10H,4-9H2,1H3. The maximum absolute atomic E-state index is 13.3. The first-order valence-corrected chi connectivity index (χ1v) is 7.57. The predicted octanol–water partition coefficient (Wildman–Crippen LogP) is 2.29. The van der Waals surface area contributed by atoms with E-state index >= 15 is 0 Å². The minimum atomic E-state index is -0.355. The number of aryl methyl sites for hydroxylation is 1. The molecule has 0 unspecified atom stereocenters. The van der Waals surface area contributed by atoms with Gasteiger partial charge < -0.3 is 4.90 Å². The molecule has 1 aliphatic heterocycles. The molecule has 2 rings (SSSR count). The summed E-state index contributed by atoms with van der Waals surface area (Å²) in [6, 6.07) is 4.38. The van der Waals surface area contributed by atoms with Gasteiger partial charge in [0, 0.05) is 43.6 Å². The van der Waals surface area contributed by atoms with E-state index in [0.29, 0.717) is 18.7 Å². The first-order valence-electron chi connectivity index (χ1n) is 6.45. The average molecular weight is 329 g/mol. The van der Waals surface area contributed by atoms with E-state index < -0.39 is 0 Å². The van der Waals surface area contributed by atoms with Crippen molar-refractivity contribution in [1.82, 2.24) is 9.80 Å². The molecular weight excluding hydrogens is 311 g/mol. The van der Waals surface area contributed by atoms with Crippen LogP contribution in [0.3, 0.4) is 0 Å². The summed E-state index contributed by atoms with van der Waals surface area (Å²) in [4.78, 5) is 16.5. The van der Waals surface area contributed by atoms with Crippen molar-refractivity contribution in [3.63, 3.8) is 0 Å². The zero-order valence-corrected chi connectivity index (χ0v) is 12.6. The fraction of sp³-hybridized carbons (Fsp3) is 0.500. The van der Waals surface area contributed by atoms with E-state index in [1.807, 2.05) is 11.8 Å². The SMILES string of the molecule is Cc1ccc(F)cc1C(=O)N1CCN(CCBr)CC1. The lowest BCUT2D eigenvalue weighted by molar-refractivity contribution is 0.0643. The van der Waals surface area contributed by atoms with Crippen LogP contribution in [0.2, 0.25) is 0 Å². The molecule has 0 aliphatic carbocycles. The van der Waals surface area contributed by atoms with Crippen molar-refractivity contribution in [2.75, 3.05) is 38.1 Å². The number of hydrogen-bond donors (Lipinski definition) is 0. The molecule has 1 heterocycles. The third kappa shape index (κ3) is 3.54. The zero-order valence-electron chi connectivity index (χ0n) is 11.0. The van der Waals surface area contributed by atoms with E-state index in [-0.39, 0.29) is 11.7 Å². The van der Waals surface area contributed by atoms with Gasteiger partial charge >= 0.3 is 0 Å². The fourth-order valence-corrected chi connectivity index (χ4v) is 2.79. The number of nitrogens with zero attached hydrogens (tertiary/aromatic N) is 2. The second-order valence-electron chi connectivity index (χ2n) is 4.78. The van der Waals surface area contributed by atoms with Crippen LogP contribution in [0.15, 0.2) is 18.2 Å². The Balaban J connectivity index is 2.03. The monoisotopic (exact) mass is 328 g/mol. The number of carbonyl (C=O) groups is 1. The van der Waals surface area contributed by atoms with Crippen LogP contribution in [0.25, 0.3) is 0 Å². The first kappa shape index (κ1) is 14.5. The molecule has 1 amide bonds. The van der Waals surface area contributed by atoms with Crippen LogP contribution in [0.5, 0.6) is 0 Å². The number of benzene rings is 1. The molecule has 104 valence electrons. The first-order chi connectivity index (χ1) is 9.11. The maximum atomic E-state index is 13.3. The number of amides is 1. The summed E-state index contributed by atoms with van der Waals surface area (Å²) in [5, 5.41) is 0.948. The fourth-order valence-electron chi connectivity index (χ4n) is 2.29. The Hall–Kier alpha value is -0.940. The van der Waals surface area contributed by atoms with Gasteiger partial charge in [0.15, 0.2) is 0 Å². The molecule has 0 N–H and O–H groups in total. The highest BCUT2D eigenvalue weighted by atomic mass is 79.9. The topological polar surface area (TPSA) is 23.6 Å². The van der Waals surface area contributed by atoms with Crippen molar-refractivity contribution in [2.24, 2.45) is 0 Å². The van der Waals surface area contributed by atoms with Gasteiger partial charge in [-0.05, 0) is 24.6 Å². The minimum Gasteiger partial charge on any atom is -0.336 e. The van der Waals surface area contributed by atoms with E-state index in [9.17, 15) is 9.18 Å². The summed E-state index contributed by atoms with van der Waals surface area (Å²) in [6.07, 6.45) is 0. The van der Waals surface area contributed by atoms with Gasteiger partial charge in [0.2, 0.25) is 0 Å². The van der Waals surface area contributed by atoms with Gasteiger partial charge in [0.05, 0.1) is 0 Å². The van der Waals surface area contributed by atoms with Crippen molar-refractivity contribution in [3.8, 4) is 0 Å². The van der Waals surface area contributed by atoms with E-state index in [0.717, 1.165) is 30.5 Å². The Morgan fingerprint density at radius 1 is 1.32 bits per heavy atom. The van der Waals surface area contributed by atoms with Crippen LogP contribution in [0.4, 0.5) is 4.39 Å². The van der Waals surface area contributed by atoms with Gasteiger partial charge in [-0.3, -0.25) is 9.69 Å². The lowest BCUT2D eigenvalue weighted by Crippen LogP contribution is -2.49. The molecule has 3 nitrogen and oxygen atoms in total. The largest absolute Gasteiger partial charge is 0.336 e. The highest BCUT2D eigenvalue weighted by molar-refractivity contribution is 9.09. The molecule has 0 atom stereocenters. The predicted molar refractivity (Wildman–Crippen MR) is 77.3 cm³/mol. The quantitative estimate of drug-likeness (QED) is 0.795. The van der Waals surface area contributed by atoms with Gasteiger partial charge in [-0.15, -0.1) is 0 Å². The van der Waals surface area contributed by atoms with E-state index in [1.54, 1.807) is 6.07 Å². The van der Waals surface area contributed by atoms with E-state index in [1.165, 1.54) is 12.1 Å². The number of hydrogen-bond acceptors (Lipinski definition) is 2. The highest BCUT2D eigenvalue weighted by Crippen LogP contribution is 2.14. The number of carbonyl (C=O) groups excluding carboxylic acids is 1. The third-order valence-electron chi connectivity index (χ3n) is 3.49. The Bertz CT molecular complexity index is 459. The second kappa shape index (κ2) is 6.48. The maximum Gasteiger partial charge on any atom is 0.254 e. The smallest absolute Gasteiger partial charge is 0.254 e. The Labute approximate surface area is 121 Å². The Morgan fingerprint density at radius 3 is 2.63 bits per heavy atom. The molecule has 1 saturated heterocycles. The third-order valence-corrected chi connectivity index (χ3v) is 3.84. The number of halogens is 2. The Kier molecular flexibility index (Phi) is 4.93. The van der Waals surface area contributed by atoms with Crippen molar-refractivity contribution >= 4 is 21.8 Å². The molecule has 1 aromatic carbocycles. The molecule has 0 saturated carbocycles. The van der Waals surface area contributed by atoms with Gasteiger partial charge in [0.25, 0.3) is 5.91 Å². The van der Waals surface area contributed by atoms with E-state index in [4.69, 9.17) is 0 Å². The van der Waals surface area contributed by atoms with Crippen LogP contribution in [0, 0.1) is 12.7 Å². The average Bonchev–Trinajstić information content (AvgIpc) is 2.42. The summed E-state index contributed by atoms with van der Waals surface area (Å²) in [7, 11) is 0. The van der Waals surface area contributed by atoms with Crippen LogP contribution in [-0.2, 0) is 0 Å². The summed E-state index contributed by atoms with van der Waals surface area (Å²) in [5.41, 5.74) is 1.31. The van der Waals surface area contributed by atoms with Crippen LogP contribution in [0.1, 0.15) is 15.9 Å². The van der Waals surface area contributed by atoms with Gasteiger partial charge in [0.1, 0.15) is 5.82 Å². The molecule has 5 heteroatoms. The summed E-state index contributed by atoms with van der Waals surface area (Å²) in [6.45, 7) is 6.02. The summed E-state index contributed by atoms with van der Waals surface area (Å²) in [5.74, 6) is -0.414. The van der Waals surface area contributed by atoms with Crippen LogP contribution < -0.4 is 0 Å². The Morgan fingerprint density at radius 2 is 2.00 bits per heavy atom. The molecule has 0 bridgehead atoms. The van der Waals surface area contributed by atoms with Crippen molar-refractivity contribution in [3.05, 3.63) is 35.1 Å². The van der Waals surface area contributed by atoms with Crippen LogP contribution in [-0.4, -0.2) is 53.8 Å². The summed E-state index contributed by atoms with van der Waals surface area (Å²) < 4.78 is 13.3. The molecule has 1 fully saturated rings. The van der Waals surface area contributed by atoms with Crippen LogP contribution >= 0.6 is 15.9 Å². The molecule has 0 radical (unpaired) electrons. The number of rotatable bonds is 3. The second-order valence-corrected chi connectivity index (χ2v) is 5.58. The van der Waals surface area contributed by atoms with Crippen molar-refractivity contribution < 1.29 is 9.18 Å². The molecular formula is C14H18BrFN2O. The number of piperazine rings is 1. The summed E-state index contributed by atoms with van der Waals surface area (Å²) >= 11 is 3.42. The molecule has 19 heavy (non-hydrogen) atoms. The highest BCUT2D eigenvalue weighted by Gasteiger charge is 2.22. The zero-order chi connectivity index (χ0) is 13.8. The van der Waals surface area contributed by atoms with Gasteiger partial charge in [-0.1, -0.05) is 22.0 Å². The van der Waals surface area contributed by atoms with Crippen molar-refractivity contribution in [1.29, 1.82) is 0 Å². The molecule has 0 spiro atoms. The molecule has 1 aliphatic rings. The lowest BCUT2D eigenvalue weighted by Gasteiger charge is -2.34. The number of alkyl halides is 1. The molecule has 1 aromatic rings.